The molecule has 5 aromatic rings. The number of aryl methyl sites for hydroxylation is 1. The van der Waals surface area contributed by atoms with E-state index in [9.17, 15) is 10.1 Å². The quantitative estimate of drug-likeness (QED) is 0.301. The van der Waals surface area contributed by atoms with E-state index in [0.717, 1.165) is 16.5 Å². The van der Waals surface area contributed by atoms with Crippen LogP contribution in [0.5, 0.6) is 0 Å². The lowest BCUT2D eigenvalue weighted by atomic mass is 10.1. The topological polar surface area (TPSA) is 99.4 Å². The van der Waals surface area contributed by atoms with Gasteiger partial charge < -0.3 is 4.42 Å². The Balaban J connectivity index is 1.65. The number of nitro groups is 1. The Morgan fingerprint density at radius 3 is 2.79 bits per heavy atom. The summed E-state index contributed by atoms with van der Waals surface area (Å²) in [6.45, 7) is 1.96. The van der Waals surface area contributed by atoms with Crippen molar-refractivity contribution in [1.29, 1.82) is 0 Å². The predicted molar refractivity (Wildman–Crippen MR) is 106 cm³/mol. The van der Waals surface area contributed by atoms with Crippen LogP contribution in [-0.2, 0) is 0 Å². The first kappa shape index (κ1) is 16.8. The summed E-state index contributed by atoms with van der Waals surface area (Å²) >= 11 is 7.53. The average Bonchev–Trinajstić information content (AvgIpc) is 3.35. The van der Waals surface area contributed by atoms with Gasteiger partial charge in [-0.05, 0) is 19.1 Å². The van der Waals surface area contributed by atoms with Gasteiger partial charge in [-0.25, -0.2) is 0 Å². The van der Waals surface area contributed by atoms with Crippen molar-refractivity contribution in [2.75, 3.05) is 0 Å². The fraction of sp³-hybridized carbons (Fsp3) is 0.0556. The fourth-order valence-corrected chi connectivity index (χ4v) is 4.25. The van der Waals surface area contributed by atoms with E-state index in [1.165, 1.54) is 23.5 Å². The number of fused-ring (bicyclic) bond motifs is 2. The van der Waals surface area contributed by atoms with Gasteiger partial charge in [-0.1, -0.05) is 41.1 Å². The van der Waals surface area contributed by atoms with Gasteiger partial charge in [-0.3, -0.25) is 10.1 Å². The molecule has 8 nitrogen and oxygen atoms in total. The van der Waals surface area contributed by atoms with Crippen LogP contribution < -0.4 is 0 Å². The molecule has 0 amide bonds. The molecule has 138 valence electrons. The second-order valence-corrected chi connectivity index (χ2v) is 7.46. The Hall–Kier alpha value is -3.30. The number of nitro benzene ring substituents is 1. The zero-order valence-electron chi connectivity index (χ0n) is 14.3. The molecule has 5 rings (SSSR count). The summed E-state index contributed by atoms with van der Waals surface area (Å²) in [7, 11) is 0. The molecule has 0 radical (unpaired) electrons. The number of para-hydroxylation sites is 1. The van der Waals surface area contributed by atoms with Crippen molar-refractivity contribution in [3.8, 4) is 22.2 Å². The van der Waals surface area contributed by atoms with E-state index >= 15 is 0 Å². The monoisotopic (exact) mass is 411 g/mol. The average molecular weight is 412 g/mol. The highest BCUT2D eigenvalue weighted by molar-refractivity contribution is 7.19. The van der Waals surface area contributed by atoms with Gasteiger partial charge in [-0.2, -0.15) is 9.61 Å². The molecule has 10 heteroatoms. The molecule has 0 saturated heterocycles. The van der Waals surface area contributed by atoms with E-state index < -0.39 is 4.92 Å². The van der Waals surface area contributed by atoms with Crippen LogP contribution in [0.25, 0.3) is 38.1 Å². The second-order valence-electron chi connectivity index (χ2n) is 6.10. The molecule has 0 aliphatic heterocycles. The molecule has 0 bridgehead atoms. The first-order chi connectivity index (χ1) is 13.5. The van der Waals surface area contributed by atoms with E-state index in [4.69, 9.17) is 16.0 Å². The molecule has 0 N–H and O–H groups in total. The Morgan fingerprint density at radius 1 is 1.21 bits per heavy atom. The van der Waals surface area contributed by atoms with Crippen LogP contribution in [0.4, 0.5) is 5.69 Å². The molecule has 0 unspecified atom stereocenters. The number of aromatic nitrogens is 4. The lowest BCUT2D eigenvalue weighted by Gasteiger charge is -1.99. The summed E-state index contributed by atoms with van der Waals surface area (Å²) in [6, 6.07) is 12.0. The van der Waals surface area contributed by atoms with Gasteiger partial charge in [-0.15, -0.1) is 10.2 Å². The number of nitrogens with zero attached hydrogens (tertiary/aromatic N) is 5. The Morgan fingerprint density at radius 2 is 2.04 bits per heavy atom. The number of furan rings is 1. The first-order valence-corrected chi connectivity index (χ1v) is 9.37. The van der Waals surface area contributed by atoms with E-state index in [-0.39, 0.29) is 10.7 Å². The summed E-state index contributed by atoms with van der Waals surface area (Å²) in [5.74, 6) is 1.09. The summed E-state index contributed by atoms with van der Waals surface area (Å²) in [6.07, 6.45) is 0. The predicted octanol–water partition coefficient (Wildman–Crippen LogP) is 5.14. The maximum atomic E-state index is 10.9. The number of hydrogen-bond acceptors (Lipinski definition) is 7. The SMILES string of the molecule is Cc1c(-c2nnc3sc(-c4ccc([N+](=O)[O-])cc4Cl)nn23)oc2ccccc12. The molecule has 0 saturated carbocycles. The zero-order valence-corrected chi connectivity index (χ0v) is 15.9. The largest absolute Gasteiger partial charge is 0.452 e. The summed E-state index contributed by atoms with van der Waals surface area (Å²) in [5.41, 5.74) is 2.24. The molecule has 3 aromatic heterocycles. The summed E-state index contributed by atoms with van der Waals surface area (Å²) in [5, 5.41) is 25.7. The van der Waals surface area contributed by atoms with Crippen LogP contribution >= 0.6 is 22.9 Å². The first-order valence-electron chi connectivity index (χ1n) is 8.18. The molecule has 0 spiro atoms. The zero-order chi connectivity index (χ0) is 19.4. The van der Waals surface area contributed by atoms with Gasteiger partial charge in [0, 0.05) is 28.6 Å². The Kier molecular flexibility index (Phi) is 3.68. The van der Waals surface area contributed by atoms with Crippen molar-refractivity contribution >= 4 is 44.6 Å². The molecule has 0 fully saturated rings. The highest BCUT2D eigenvalue weighted by Gasteiger charge is 2.22. The Labute approximate surface area is 166 Å². The smallest absolute Gasteiger partial charge is 0.270 e. The van der Waals surface area contributed by atoms with E-state index in [2.05, 4.69) is 15.3 Å². The van der Waals surface area contributed by atoms with E-state index in [0.29, 0.717) is 27.1 Å². The summed E-state index contributed by atoms with van der Waals surface area (Å²) in [4.78, 5) is 11.0. The van der Waals surface area contributed by atoms with Gasteiger partial charge >= 0.3 is 0 Å². The van der Waals surface area contributed by atoms with Crippen LogP contribution in [0.15, 0.2) is 46.9 Å². The van der Waals surface area contributed by atoms with Crippen LogP contribution in [-0.4, -0.2) is 24.7 Å². The molecule has 0 aliphatic carbocycles. The third-order valence-corrected chi connectivity index (χ3v) is 5.68. The van der Waals surface area contributed by atoms with Crippen molar-refractivity contribution in [3.05, 3.63) is 63.2 Å². The van der Waals surface area contributed by atoms with Crippen molar-refractivity contribution < 1.29 is 9.34 Å². The van der Waals surface area contributed by atoms with Gasteiger partial charge in [0.05, 0.1) is 9.95 Å². The minimum Gasteiger partial charge on any atom is -0.452 e. The van der Waals surface area contributed by atoms with Crippen LogP contribution in [0, 0.1) is 17.0 Å². The Bertz CT molecular complexity index is 1390. The minimum atomic E-state index is -0.489. The highest BCUT2D eigenvalue weighted by Crippen LogP contribution is 2.36. The van der Waals surface area contributed by atoms with Crippen molar-refractivity contribution in [1.82, 2.24) is 19.8 Å². The molecule has 0 atom stereocenters. The van der Waals surface area contributed by atoms with Crippen molar-refractivity contribution in [2.24, 2.45) is 0 Å². The lowest BCUT2D eigenvalue weighted by Crippen LogP contribution is -1.92. The maximum absolute atomic E-state index is 10.9. The van der Waals surface area contributed by atoms with Crippen molar-refractivity contribution in [2.45, 2.75) is 6.92 Å². The number of benzene rings is 2. The molecular formula is C18H10ClN5O3S. The standard InChI is InChI=1S/C18H10ClN5O3S/c1-9-11-4-2-3-5-14(11)27-15(9)16-20-21-18-23(16)22-17(28-18)12-7-6-10(24(25)26)8-13(12)19/h2-8H,1H3. The molecule has 28 heavy (non-hydrogen) atoms. The van der Waals surface area contributed by atoms with Crippen molar-refractivity contribution in [3.63, 3.8) is 0 Å². The van der Waals surface area contributed by atoms with Gasteiger partial charge in [0.25, 0.3) is 5.69 Å². The number of rotatable bonds is 3. The van der Waals surface area contributed by atoms with Gasteiger partial charge in [0.15, 0.2) is 5.76 Å². The van der Waals surface area contributed by atoms with Gasteiger partial charge in [0.2, 0.25) is 10.8 Å². The maximum Gasteiger partial charge on any atom is 0.270 e. The molecular weight excluding hydrogens is 402 g/mol. The number of hydrogen-bond donors (Lipinski definition) is 0. The molecule has 2 aromatic carbocycles. The second kappa shape index (κ2) is 6.11. The summed E-state index contributed by atoms with van der Waals surface area (Å²) < 4.78 is 7.57. The normalized spacial score (nSPS) is 11.5. The van der Waals surface area contributed by atoms with Gasteiger partial charge in [0.1, 0.15) is 10.6 Å². The fourth-order valence-electron chi connectivity index (χ4n) is 3.05. The third kappa shape index (κ3) is 2.48. The lowest BCUT2D eigenvalue weighted by molar-refractivity contribution is -0.384. The van der Waals surface area contributed by atoms with E-state index in [1.54, 1.807) is 10.6 Å². The van der Waals surface area contributed by atoms with E-state index in [1.807, 2.05) is 31.2 Å². The minimum absolute atomic E-state index is 0.0738. The van der Waals surface area contributed by atoms with Crippen LogP contribution in [0.1, 0.15) is 5.56 Å². The third-order valence-electron chi connectivity index (χ3n) is 4.43. The molecule has 0 aliphatic rings. The van der Waals surface area contributed by atoms with Crippen LogP contribution in [0.3, 0.4) is 0 Å². The number of halogens is 1. The highest BCUT2D eigenvalue weighted by atomic mass is 35.5. The van der Waals surface area contributed by atoms with Crippen LogP contribution in [0.2, 0.25) is 5.02 Å². The molecule has 3 heterocycles. The number of non-ortho nitro benzene ring substituents is 1.